The minimum absolute atomic E-state index is 0.131. The summed E-state index contributed by atoms with van der Waals surface area (Å²) in [5, 5.41) is 28.5. The number of aliphatic hydroxyl groups is 1. The number of anilines is 1. The van der Waals surface area contributed by atoms with E-state index in [1.807, 2.05) is 4.90 Å². The third kappa shape index (κ3) is 2.07. The molecule has 2 aromatic rings. The standard InChI is InChI=1S/C12H14N4O4/c1-12(17)5-2-6-15(7-12)8-3-4-9(16(18)19)11-10(8)13-20-14-11/h3-4,17H,2,5-7H2,1H3. The molecule has 3 rings (SSSR count). The van der Waals surface area contributed by atoms with E-state index in [4.69, 9.17) is 0 Å². The molecule has 0 spiro atoms. The van der Waals surface area contributed by atoms with Crippen molar-refractivity contribution in [1.29, 1.82) is 0 Å². The molecule has 1 fully saturated rings. The molecule has 1 atom stereocenters. The van der Waals surface area contributed by atoms with Gasteiger partial charge in [-0.05, 0) is 36.1 Å². The molecule has 0 bridgehead atoms. The van der Waals surface area contributed by atoms with Crippen LogP contribution >= 0.6 is 0 Å². The Kier molecular flexibility index (Phi) is 2.82. The van der Waals surface area contributed by atoms with Gasteiger partial charge in [-0.2, -0.15) is 0 Å². The number of nitro groups is 1. The smallest absolute Gasteiger partial charge is 0.300 e. The highest BCUT2D eigenvalue weighted by Gasteiger charge is 2.31. The molecule has 0 aliphatic carbocycles. The van der Waals surface area contributed by atoms with Crippen molar-refractivity contribution in [3.05, 3.63) is 22.2 Å². The third-order valence-electron chi connectivity index (χ3n) is 3.59. The van der Waals surface area contributed by atoms with Crippen molar-refractivity contribution in [2.24, 2.45) is 0 Å². The zero-order chi connectivity index (χ0) is 14.3. The summed E-state index contributed by atoms with van der Waals surface area (Å²) in [5.74, 6) is 0. The Hall–Kier alpha value is -2.22. The molecule has 106 valence electrons. The van der Waals surface area contributed by atoms with Crippen molar-refractivity contribution in [2.75, 3.05) is 18.0 Å². The van der Waals surface area contributed by atoms with Crippen molar-refractivity contribution in [2.45, 2.75) is 25.4 Å². The predicted molar refractivity (Wildman–Crippen MR) is 70.5 cm³/mol. The van der Waals surface area contributed by atoms with E-state index in [0.29, 0.717) is 17.7 Å². The van der Waals surface area contributed by atoms with Crippen LogP contribution in [0.25, 0.3) is 11.0 Å². The fourth-order valence-electron chi connectivity index (χ4n) is 2.67. The molecule has 0 amide bonds. The molecule has 2 heterocycles. The summed E-state index contributed by atoms with van der Waals surface area (Å²) in [5.41, 5.74) is 0.291. The molecule has 0 radical (unpaired) electrons. The van der Waals surface area contributed by atoms with E-state index in [1.54, 1.807) is 13.0 Å². The highest BCUT2D eigenvalue weighted by molar-refractivity contribution is 5.93. The molecule has 1 unspecified atom stereocenters. The van der Waals surface area contributed by atoms with Gasteiger partial charge in [-0.15, -0.1) is 0 Å². The molecule has 1 aliphatic heterocycles. The van der Waals surface area contributed by atoms with Crippen LogP contribution in [0.2, 0.25) is 0 Å². The SMILES string of the molecule is CC1(O)CCCN(c2ccc([N+](=O)[O-])c3nonc23)C1. The minimum Gasteiger partial charge on any atom is -0.388 e. The number of piperidine rings is 1. The lowest BCUT2D eigenvalue weighted by molar-refractivity contribution is -0.383. The van der Waals surface area contributed by atoms with Crippen molar-refractivity contribution in [3.63, 3.8) is 0 Å². The summed E-state index contributed by atoms with van der Waals surface area (Å²) in [6, 6.07) is 3.03. The first kappa shape index (κ1) is 12.8. The van der Waals surface area contributed by atoms with E-state index in [2.05, 4.69) is 14.9 Å². The molecule has 1 N–H and O–H groups in total. The van der Waals surface area contributed by atoms with Crippen LogP contribution in [0, 0.1) is 10.1 Å². The van der Waals surface area contributed by atoms with Crippen molar-refractivity contribution in [3.8, 4) is 0 Å². The monoisotopic (exact) mass is 278 g/mol. The second-order valence-corrected chi connectivity index (χ2v) is 5.34. The molecule has 1 aromatic heterocycles. The number of β-amino-alcohol motifs (C(OH)–C–C–N with tert-alkyl or cyclic N) is 1. The van der Waals surface area contributed by atoms with E-state index in [9.17, 15) is 15.2 Å². The highest BCUT2D eigenvalue weighted by Crippen LogP contribution is 2.34. The van der Waals surface area contributed by atoms with E-state index < -0.39 is 10.5 Å². The lowest BCUT2D eigenvalue weighted by atomic mass is 9.94. The quantitative estimate of drug-likeness (QED) is 0.655. The number of aromatic nitrogens is 2. The Bertz CT molecular complexity index is 667. The van der Waals surface area contributed by atoms with E-state index >= 15 is 0 Å². The Morgan fingerprint density at radius 1 is 1.45 bits per heavy atom. The summed E-state index contributed by atoms with van der Waals surface area (Å²) >= 11 is 0. The number of fused-ring (bicyclic) bond motifs is 1. The Balaban J connectivity index is 2.07. The second-order valence-electron chi connectivity index (χ2n) is 5.34. The van der Waals surface area contributed by atoms with Crippen LogP contribution in [0.1, 0.15) is 19.8 Å². The lowest BCUT2D eigenvalue weighted by Gasteiger charge is -2.38. The second kappa shape index (κ2) is 4.41. The summed E-state index contributed by atoms with van der Waals surface area (Å²) < 4.78 is 4.65. The maximum atomic E-state index is 10.9. The summed E-state index contributed by atoms with van der Waals surface area (Å²) in [6.45, 7) is 2.99. The zero-order valence-corrected chi connectivity index (χ0v) is 10.9. The lowest BCUT2D eigenvalue weighted by Crippen LogP contribution is -2.46. The van der Waals surface area contributed by atoms with Crippen LogP contribution in [0.15, 0.2) is 16.8 Å². The number of nitro benzene ring substituents is 1. The van der Waals surface area contributed by atoms with Gasteiger partial charge in [0.1, 0.15) is 0 Å². The van der Waals surface area contributed by atoms with Crippen LogP contribution in [-0.2, 0) is 0 Å². The summed E-state index contributed by atoms with van der Waals surface area (Å²) in [4.78, 5) is 12.4. The largest absolute Gasteiger partial charge is 0.388 e. The average Bonchev–Trinajstić information content (AvgIpc) is 2.84. The van der Waals surface area contributed by atoms with Crippen molar-refractivity contribution >= 4 is 22.4 Å². The van der Waals surface area contributed by atoms with Gasteiger partial charge in [0.2, 0.25) is 5.52 Å². The summed E-state index contributed by atoms with van der Waals surface area (Å²) in [7, 11) is 0. The number of rotatable bonds is 2. The van der Waals surface area contributed by atoms with Gasteiger partial charge in [0.25, 0.3) is 0 Å². The first-order chi connectivity index (χ1) is 9.48. The van der Waals surface area contributed by atoms with Gasteiger partial charge in [0.15, 0.2) is 5.52 Å². The van der Waals surface area contributed by atoms with Gasteiger partial charge in [-0.25, -0.2) is 4.63 Å². The fourth-order valence-corrected chi connectivity index (χ4v) is 2.67. The Morgan fingerprint density at radius 3 is 2.90 bits per heavy atom. The van der Waals surface area contributed by atoms with Gasteiger partial charge in [-0.3, -0.25) is 10.1 Å². The van der Waals surface area contributed by atoms with E-state index in [-0.39, 0.29) is 11.2 Å². The molecule has 1 aliphatic rings. The Labute approximate surface area is 114 Å². The molecule has 0 saturated carbocycles. The minimum atomic E-state index is -0.774. The average molecular weight is 278 g/mol. The normalized spacial score (nSPS) is 23.2. The topological polar surface area (TPSA) is 106 Å². The van der Waals surface area contributed by atoms with E-state index in [0.717, 1.165) is 19.4 Å². The fraction of sp³-hybridized carbons (Fsp3) is 0.500. The first-order valence-electron chi connectivity index (χ1n) is 6.35. The molecule has 1 saturated heterocycles. The van der Waals surface area contributed by atoms with Crippen LogP contribution in [-0.4, -0.2) is 39.0 Å². The summed E-state index contributed by atoms with van der Waals surface area (Å²) in [6.07, 6.45) is 1.58. The van der Waals surface area contributed by atoms with Gasteiger partial charge in [0.05, 0.1) is 16.2 Å². The van der Waals surface area contributed by atoms with Crippen LogP contribution in [0.5, 0.6) is 0 Å². The molecule has 20 heavy (non-hydrogen) atoms. The highest BCUT2D eigenvalue weighted by atomic mass is 16.6. The van der Waals surface area contributed by atoms with Gasteiger partial charge in [0, 0.05) is 19.2 Å². The van der Waals surface area contributed by atoms with Crippen molar-refractivity contribution in [1.82, 2.24) is 10.3 Å². The van der Waals surface area contributed by atoms with E-state index in [1.165, 1.54) is 6.07 Å². The number of benzene rings is 1. The predicted octanol–water partition coefficient (Wildman–Crippen LogP) is 1.48. The van der Waals surface area contributed by atoms with Gasteiger partial charge in [-0.1, -0.05) is 0 Å². The first-order valence-corrected chi connectivity index (χ1v) is 6.35. The molecular formula is C12H14N4O4. The van der Waals surface area contributed by atoms with Crippen LogP contribution in [0.3, 0.4) is 0 Å². The maximum absolute atomic E-state index is 10.9. The maximum Gasteiger partial charge on any atom is 0.300 e. The Morgan fingerprint density at radius 2 is 2.20 bits per heavy atom. The molecule has 8 heteroatoms. The number of nitrogens with zero attached hydrogens (tertiary/aromatic N) is 4. The number of non-ortho nitro benzene ring substituents is 1. The van der Waals surface area contributed by atoms with Gasteiger partial charge < -0.3 is 10.0 Å². The molecule has 8 nitrogen and oxygen atoms in total. The van der Waals surface area contributed by atoms with Crippen LogP contribution in [0.4, 0.5) is 11.4 Å². The number of hydrogen-bond acceptors (Lipinski definition) is 7. The van der Waals surface area contributed by atoms with Crippen molar-refractivity contribution < 1.29 is 14.7 Å². The van der Waals surface area contributed by atoms with Crippen LogP contribution < -0.4 is 4.90 Å². The molecular weight excluding hydrogens is 264 g/mol. The number of hydrogen-bond donors (Lipinski definition) is 1. The molecule has 1 aromatic carbocycles. The third-order valence-corrected chi connectivity index (χ3v) is 3.59. The van der Waals surface area contributed by atoms with Gasteiger partial charge >= 0.3 is 5.69 Å². The zero-order valence-electron chi connectivity index (χ0n) is 10.9.